The van der Waals surface area contributed by atoms with Gasteiger partial charge in [-0.05, 0) is 36.6 Å². The lowest BCUT2D eigenvalue weighted by atomic mass is 10.2. The van der Waals surface area contributed by atoms with E-state index in [1.54, 1.807) is 11.3 Å². The molecule has 2 aromatic heterocycles. The zero-order chi connectivity index (χ0) is 20.1. The minimum absolute atomic E-state index is 0.0801. The minimum atomic E-state index is -0.0801. The number of hydrogen-bond donors (Lipinski definition) is 1. The molecule has 3 aromatic rings. The Morgan fingerprint density at radius 2 is 2.03 bits per heavy atom. The van der Waals surface area contributed by atoms with Gasteiger partial charge in [0.15, 0.2) is 5.76 Å². The number of rotatable bonds is 3. The number of urea groups is 1. The Hall–Kier alpha value is -3.08. The molecule has 7 heteroatoms. The maximum absolute atomic E-state index is 12.6. The number of hydrogen-bond acceptors (Lipinski definition) is 5. The third kappa shape index (κ3) is 5.25. The molecule has 1 fully saturated rings. The Labute approximate surface area is 174 Å². The number of nitrogens with one attached hydrogen (secondary N) is 1. The Morgan fingerprint density at radius 1 is 1.17 bits per heavy atom. The van der Waals surface area contributed by atoms with Crippen molar-refractivity contribution in [2.75, 3.05) is 31.5 Å². The highest BCUT2D eigenvalue weighted by Crippen LogP contribution is 2.14. The van der Waals surface area contributed by atoms with Gasteiger partial charge in [0, 0.05) is 43.5 Å². The molecule has 0 bridgehead atoms. The first kappa shape index (κ1) is 19.2. The van der Waals surface area contributed by atoms with Crippen molar-refractivity contribution in [3.05, 3.63) is 69.7 Å². The molecule has 2 amide bonds. The molecule has 3 heterocycles. The fourth-order valence-electron chi connectivity index (χ4n) is 3.18. The molecule has 1 aliphatic rings. The fraction of sp³-hybridized carbons (Fsp3) is 0.273. The zero-order valence-corrected chi connectivity index (χ0v) is 17.0. The van der Waals surface area contributed by atoms with Gasteiger partial charge >= 0.3 is 6.03 Å². The van der Waals surface area contributed by atoms with Gasteiger partial charge < -0.3 is 14.7 Å². The van der Waals surface area contributed by atoms with Crippen molar-refractivity contribution in [1.29, 1.82) is 0 Å². The normalized spacial score (nSPS) is 14.3. The Bertz CT molecular complexity index is 1020. The van der Waals surface area contributed by atoms with Crippen LogP contribution in [-0.4, -0.2) is 47.2 Å². The van der Waals surface area contributed by atoms with Gasteiger partial charge in [-0.3, -0.25) is 4.90 Å². The molecule has 1 aliphatic heterocycles. The van der Waals surface area contributed by atoms with Crippen LogP contribution in [0.5, 0.6) is 0 Å². The lowest BCUT2D eigenvalue weighted by Gasteiger charge is -2.34. The van der Waals surface area contributed by atoms with Crippen molar-refractivity contribution >= 4 is 23.1 Å². The second-order valence-corrected chi connectivity index (χ2v) is 7.88. The van der Waals surface area contributed by atoms with Crippen LogP contribution in [0.1, 0.15) is 21.9 Å². The molecule has 0 unspecified atom stereocenters. The summed E-state index contributed by atoms with van der Waals surface area (Å²) in [5, 5.41) is 8.92. The van der Waals surface area contributed by atoms with Crippen LogP contribution in [-0.2, 0) is 6.54 Å². The summed E-state index contributed by atoms with van der Waals surface area (Å²) in [4.78, 5) is 17.8. The molecule has 29 heavy (non-hydrogen) atoms. The summed E-state index contributed by atoms with van der Waals surface area (Å²) in [7, 11) is 0. The highest BCUT2D eigenvalue weighted by atomic mass is 32.1. The zero-order valence-electron chi connectivity index (χ0n) is 16.2. The molecular weight excluding hydrogens is 384 g/mol. The molecule has 4 rings (SSSR count). The van der Waals surface area contributed by atoms with Gasteiger partial charge in [0.1, 0.15) is 0 Å². The molecular formula is C22H22N4O2S. The third-order valence-electron chi connectivity index (χ3n) is 4.68. The summed E-state index contributed by atoms with van der Waals surface area (Å²) in [5.41, 5.74) is 2.52. The van der Waals surface area contributed by atoms with Gasteiger partial charge in [0.25, 0.3) is 0 Å². The summed E-state index contributed by atoms with van der Waals surface area (Å²) in [5.74, 6) is 7.15. The van der Waals surface area contributed by atoms with Crippen molar-refractivity contribution in [3.8, 4) is 11.8 Å². The van der Waals surface area contributed by atoms with E-state index in [9.17, 15) is 4.79 Å². The van der Waals surface area contributed by atoms with Crippen molar-refractivity contribution in [1.82, 2.24) is 15.0 Å². The SMILES string of the molecule is Cc1cc(CN2CCN(C(=O)Nc3cccc(C#Cc4cccs4)c3)CC2)on1. The molecule has 0 saturated carbocycles. The molecule has 0 spiro atoms. The van der Waals surface area contributed by atoms with Crippen LogP contribution in [0.3, 0.4) is 0 Å². The second-order valence-electron chi connectivity index (χ2n) is 6.94. The lowest BCUT2D eigenvalue weighted by molar-refractivity contribution is 0.134. The van der Waals surface area contributed by atoms with E-state index in [1.165, 1.54) is 0 Å². The van der Waals surface area contributed by atoms with Crippen molar-refractivity contribution in [2.24, 2.45) is 0 Å². The number of aromatic nitrogens is 1. The maximum Gasteiger partial charge on any atom is 0.321 e. The minimum Gasteiger partial charge on any atom is -0.360 e. The molecule has 1 N–H and O–H groups in total. The van der Waals surface area contributed by atoms with Crippen LogP contribution in [0, 0.1) is 18.8 Å². The standard InChI is InChI=1S/C22H22N4O2S/c1-17-14-20(28-24-17)16-25-9-11-26(12-10-25)22(27)23-19-5-2-4-18(15-19)7-8-21-6-3-13-29-21/h2-6,13-15H,9-12,16H2,1H3,(H,23,27). The van der Waals surface area contributed by atoms with Gasteiger partial charge in [0.05, 0.1) is 17.1 Å². The van der Waals surface area contributed by atoms with E-state index in [-0.39, 0.29) is 6.03 Å². The van der Waals surface area contributed by atoms with Crippen molar-refractivity contribution < 1.29 is 9.32 Å². The highest BCUT2D eigenvalue weighted by Gasteiger charge is 2.22. The van der Waals surface area contributed by atoms with E-state index in [4.69, 9.17) is 4.52 Å². The van der Waals surface area contributed by atoms with E-state index in [0.29, 0.717) is 13.1 Å². The van der Waals surface area contributed by atoms with Crippen LogP contribution in [0.25, 0.3) is 0 Å². The molecule has 6 nitrogen and oxygen atoms in total. The van der Waals surface area contributed by atoms with E-state index < -0.39 is 0 Å². The first-order valence-corrected chi connectivity index (χ1v) is 10.4. The summed E-state index contributed by atoms with van der Waals surface area (Å²) >= 11 is 1.61. The van der Waals surface area contributed by atoms with Crippen LogP contribution >= 0.6 is 11.3 Å². The largest absolute Gasteiger partial charge is 0.360 e. The van der Waals surface area contributed by atoms with E-state index in [1.807, 2.05) is 59.7 Å². The van der Waals surface area contributed by atoms with E-state index >= 15 is 0 Å². The highest BCUT2D eigenvalue weighted by molar-refractivity contribution is 7.10. The van der Waals surface area contributed by atoms with Gasteiger partial charge in [-0.15, -0.1) is 11.3 Å². The Balaban J connectivity index is 1.30. The average Bonchev–Trinajstić information content (AvgIpc) is 3.39. The maximum atomic E-state index is 12.6. The van der Waals surface area contributed by atoms with Crippen LogP contribution in [0.4, 0.5) is 10.5 Å². The molecule has 1 saturated heterocycles. The van der Waals surface area contributed by atoms with Crippen LogP contribution in [0.2, 0.25) is 0 Å². The van der Waals surface area contributed by atoms with Crippen LogP contribution < -0.4 is 5.32 Å². The van der Waals surface area contributed by atoms with Gasteiger partial charge in [-0.1, -0.05) is 29.1 Å². The smallest absolute Gasteiger partial charge is 0.321 e. The van der Waals surface area contributed by atoms with Gasteiger partial charge in [-0.2, -0.15) is 0 Å². The second kappa shape index (κ2) is 8.95. The number of amides is 2. The average molecular weight is 407 g/mol. The molecule has 148 valence electrons. The molecule has 0 radical (unpaired) electrons. The number of piperazine rings is 1. The Morgan fingerprint density at radius 3 is 2.76 bits per heavy atom. The predicted molar refractivity (Wildman–Crippen MR) is 114 cm³/mol. The number of anilines is 1. The first-order valence-electron chi connectivity index (χ1n) is 9.52. The summed E-state index contributed by atoms with van der Waals surface area (Å²) in [6, 6.07) is 13.5. The summed E-state index contributed by atoms with van der Waals surface area (Å²) < 4.78 is 5.28. The lowest BCUT2D eigenvalue weighted by Crippen LogP contribution is -2.49. The monoisotopic (exact) mass is 406 g/mol. The quantitative estimate of drug-likeness (QED) is 0.672. The van der Waals surface area contributed by atoms with Gasteiger partial charge in [-0.25, -0.2) is 4.79 Å². The molecule has 0 atom stereocenters. The Kier molecular flexibility index (Phi) is 5.94. The fourth-order valence-corrected chi connectivity index (χ4v) is 3.75. The number of thiophene rings is 1. The predicted octanol–water partition coefficient (Wildman–Crippen LogP) is 3.79. The molecule has 0 aliphatic carbocycles. The van der Waals surface area contributed by atoms with E-state index in [2.05, 4.69) is 27.2 Å². The first-order chi connectivity index (χ1) is 14.2. The van der Waals surface area contributed by atoms with E-state index in [0.717, 1.165) is 47.2 Å². The summed E-state index contributed by atoms with van der Waals surface area (Å²) in [6.45, 7) is 5.60. The number of nitrogens with zero attached hydrogens (tertiary/aromatic N) is 3. The summed E-state index contributed by atoms with van der Waals surface area (Å²) in [6.07, 6.45) is 0. The van der Waals surface area contributed by atoms with Crippen LogP contribution in [0.15, 0.2) is 52.4 Å². The van der Waals surface area contributed by atoms with Crippen molar-refractivity contribution in [3.63, 3.8) is 0 Å². The number of benzene rings is 1. The number of carbonyl (C=O) groups excluding carboxylic acids is 1. The number of carbonyl (C=O) groups is 1. The van der Waals surface area contributed by atoms with Gasteiger partial charge in [0.2, 0.25) is 0 Å². The molecule has 1 aromatic carbocycles. The third-order valence-corrected chi connectivity index (χ3v) is 5.47. The number of aryl methyl sites for hydroxylation is 1. The van der Waals surface area contributed by atoms with Crippen molar-refractivity contribution in [2.45, 2.75) is 13.5 Å². The topological polar surface area (TPSA) is 61.6 Å².